The first-order chi connectivity index (χ1) is 10.5. The lowest BCUT2D eigenvalue weighted by Crippen LogP contribution is -2.20. The number of hydrogen-bond acceptors (Lipinski definition) is 3. The fourth-order valence-corrected chi connectivity index (χ4v) is 2.17. The molecule has 0 fully saturated rings. The summed E-state index contributed by atoms with van der Waals surface area (Å²) in [4.78, 5) is 12.1. The lowest BCUT2D eigenvalue weighted by atomic mass is 10.1. The molecule has 2 N–H and O–H groups in total. The Morgan fingerprint density at radius 2 is 1.91 bits per heavy atom. The van der Waals surface area contributed by atoms with Crippen molar-refractivity contribution in [2.24, 2.45) is 5.10 Å². The molecule has 0 aliphatic heterocycles. The minimum Gasteiger partial charge on any atom is -0.507 e. The van der Waals surface area contributed by atoms with Gasteiger partial charge in [-0.05, 0) is 36.8 Å². The average molecular weight is 337 g/mol. The van der Waals surface area contributed by atoms with Crippen LogP contribution >= 0.6 is 23.2 Å². The molecule has 1 amide bonds. The van der Waals surface area contributed by atoms with E-state index in [9.17, 15) is 9.90 Å². The highest BCUT2D eigenvalue weighted by Crippen LogP contribution is 2.22. The number of hydrogen-bond donors (Lipinski definition) is 2. The topological polar surface area (TPSA) is 61.7 Å². The number of halogens is 2. The largest absolute Gasteiger partial charge is 0.507 e. The third kappa shape index (κ3) is 3.78. The Balaban J connectivity index is 2.20. The number of rotatable bonds is 4. The van der Waals surface area contributed by atoms with Gasteiger partial charge in [0.2, 0.25) is 0 Å². The Bertz CT molecular complexity index is 730. The van der Waals surface area contributed by atoms with E-state index in [4.69, 9.17) is 23.2 Å². The maximum atomic E-state index is 12.1. The summed E-state index contributed by atoms with van der Waals surface area (Å²) in [5.74, 6) is -0.285. The maximum Gasteiger partial charge on any atom is 0.271 e. The summed E-state index contributed by atoms with van der Waals surface area (Å²) in [6, 6.07) is 11.4. The van der Waals surface area contributed by atoms with Crippen molar-refractivity contribution >= 4 is 34.8 Å². The van der Waals surface area contributed by atoms with Crippen molar-refractivity contribution in [1.29, 1.82) is 0 Å². The van der Waals surface area contributed by atoms with Crippen LogP contribution in [0.2, 0.25) is 10.0 Å². The second-order valence-electron chi connectivity index (χ2n) is 4.50. The molecule has 4 nitrogen and oxygen atoms in total. The van der Waals surface area contributed by atoms with E-state index in [1.807, 2.05) is 6.92 Å². The molecule has 0 aromatic heterocycles. The molecule has 114 valence electrons. The summed E-state index contributed by atoms with van der Waals surface area (Å²) in [6.07, 6.45) is 0.555. The third-order valence-corrected chi connectivity index (χ3v) is 3.76. The number of hydrazone groups is 1. The first kappa shape index (κ1) is 16.3. The zero-order valence-electron chi connectivity index (χ0n) is 11.8. The van der Waals surface area contributed by atoms with Crippen LogP contribution in [0.4, 0.5) is 0 Å². The van der Waals surface area contributed by atoms with Crippen LogP contribution in [0, 0.1) is 0 Å². The molecule has 2 rings (SSSR count). The molecule has 0 unspecified atom stereocenters. The number of phenolic OH excluding ortho intramolecular Hbond substituents is 1. The first-order valence-electron chi connectivity index (χ1n) is 6.63. The summed E-state index contributed by atoms with van der Waals surface area (Å²) >= 11 is 11.7. The van der Waals surface area contributed by atoms with Crippen molar-refractivity contribution in [3.05, 3.63) is 63.6 Å². The molecule has 0 aliphatic rings. The number of para-hydroxylation sites is 1. The minimum absolute atomic E-state index is 0.117. The molecule has 22 heavy (non-hydrogen) atoms. The van der Waals surface area contributed by atoms with Gasteiger partial charge < -0.3 is 5.11 Å². The number of nitrogens with one attached hydrogen (secondary N) is 1. The van der Waals surface area contributed by atoms with Gasteiger partial charge in [-0.2, -0.15) is 5.10 Å². The number of nitrogens with zero attached hydrogens (tertiary/aromatic N) is 1. The SMILES string of the molecule is CC/C(=N/NC(=O)c1ccc(Cl)c(Cl)c1)c1ccccc1O. The van der Waals surface area contributed by atoms with E-state index in [1.165, 1.54) is 6.07 Å². The van der Waals surface area contributed by atoms with Crippen molar-refractivity contribution in [1.82, 2.24) is 5.43 Å². The Hall–Kier alpha value is -2.04. The summed E-state index contributed by atoms with van der Waals surface area (Å²) in [5, 5.41) is 14.6. The standard InChI is InChI=1S/C16H14Cl2N2O2/c1-2-14(11-5-3-4-6-15(11)21)19-20-16(22)10-7-8-12(17)13(18)9-10/h3-9,21H,2H2,1H3,(H,20,22)/b19-14-. The Kier molecular flexibility index (Phi) is 5.41. The van der Waals surface area contributed by atoms with Crippen LogP contribution in [0.25, 0.3) is 0 Å². The van der Waals surface area contributed by atoms with Crippen molar-refractivity contribution in [2.75, 3.05) is 0 Å². The molecule has 0 heterocycles. The Morgan fingerprint density at radius 1 is 1.18 bits per heavy atom. The monoisotopic (exact) mass is 336 g/mol. The average Bonchev–Trinajstić information content (AvgIpc) is 2.52. The highest BCUT2D eigenvalue weighted by Gasteiger charge is 2.10. The van der Waals surface area contributed by atoms with Gasteiger partial charge in [-0.1, -0.05) is 42.3 Å². The van der Waals surface area contributed by atoms with Gasteiger partial charge in [-0.25, -0.2) is 5.43 Å². The predicted molar refractivity (Wildman–Crippen MR) is 88.9 cm³/mol. The maximum absolute atomic E-state index is 12.1. The van der Waals surface area contributed by atoms with Crippen LogP contribution in [-0.4, -0.2) is 16.7 Å². The smallest absolute Gasteiger partial charge is 0.271 e. The minimum atomic E-state index is -0.403. The Morgan fingerprint density at radius 3 is 2.55 bits per heavy atom. The van der Waals surface area contributed by atoms with Crippen LogP contribution in [-0.2, 0) is 0 Å². The normalized spacial score (nSPS) is 11.3. The number of carbonyl (C=O) groups excluding carboxylic acids is 1. The van der Waals surface area contributed by atoms with E-state index in [2.05, 4.69) is 10.5 Å². The van der Waals surface area contributed by atoms with Gasteiger partial charge in [0.15, 0.2) is 0 Å². The third-order valence-electron chi connectivity index (χ3n) is 3.02. The van der Waals surface area contributed by atoms with Crippen LogP contribution < -0.4 is 5.43 Å². The molecule has 6 heteroatoms. The van der Waals surface area contributed by atoms with Gasteiger partial charge in [0.05, 0.1) is 15.8 Å². The number of phenols is 1. The molecular formula is C16H14Cl2N2O2. The van der Waals surface area contributed by atoms with E-state index < -0.39 is 5.91 Å². The van der Waals surface area contributed by atoms with Crippen molar-refractivity contribution in [2.45, 2.75) is 13.3 Å². The van der Waals surface area contributed by atoms with Gasteiger partial charge in [-0.3, -0.25) is 4.79 Å². The molecule has 2 aromatic rings. The lowest BCUT2D eigenvalue weighted by molar-refractivity contribution is 0.0955. The van der Waals surface area contributed by atoms with Crippen molar-refractivity contribution in [3.8, 4) is 5.75 Å². The summed E-state index contributed by atoms with van der Waals surface area (Å²) in [5.41, 5.74) is 3.97. The van der Waals surface area contributed by atoms with Crippen molar-refractivity contribution < 1.29 is 9.90 Å². The fraction of sp³-hybridized carbons (Fsp3) is 0.125. The van der Waals surface area contributed by atoms with Gasteiger partial charge in [0.25, 0.3) is 5.91 Å². The van der Waals surface area contributed by atoms with E-state index in [1.54, 1.807) is 36.4 Å². The van der Waals surface area contributed by atoms with E-state index in [0.29, 0.717) is 33.3 Å². The molecule has 0 aliphatic carbocycles. The van der Waals surface area contributed by atoms with E-state index in [-0.39, 0.29) is 5.75 Å². The molecule has 0 saturated carbocycles. The quantitative estimate of drug-likeness (QED) is 0.647. The fourth-order valence-electron chi connectivity index (χ4n) is 1.87. The molecule has 2 aromatic carbocycles. The van der Waals surface area contributed by atoms with Gasteiger partial charge in [-0.15, -0.1) is 0 Å². The van der Waals surface area contributed by atoms with Gasteiger partial charge in [0.1, 0.15) is 5.75 Å². The molecular weight excluding hydrogens is 323 g/mol. The van der Waals surface area contributed by atoms with Crippen LogP contribution in [0.5, 0.6) is 5.75 Å². The lowest BCUT2D eigenvalue weighted by Gasteiger charge is -2.07. The predicted octanol–water partition coefficient (Wildman–Crippen LogP) is 4.24. The van der Waals surface area contributed by atoms with Crippen LogP contribution in [0.15, 0.2) is 47.6 Å². The van der Waals surface area contributed by atoms with Gasteiger partial charge >= 0.3 is 0 Å². The van der Waals surface area contributed by atoms with Gasteiger partial charge in [0, 0.05) is 11.1 Å². The highest BCUT2D eigenvalue weighted by atomic mass is 35.5. The first-order valence-corrected chi connectivity index (χ1v) is 7.38. The molecule has 0 radical (unpaired) electrons. The second-order valence-corrected chi connectivity index (χ2v) is 5.31. The second kappa shape index (κ2) is 7.29. The zero-order valence-corrected chi connectivity index (χ0v) is 13.3. The molecule has 0 bridgehead atoms. The number of aromatic hydroxyl groups is 1. The number of carbonyl (C=O) groups is 1. The highest BCUT2D eigenvalue weighted by molar-refractivity contribution is 6.42. The van der Waals surface area contributed by atoms with Crippen LogP contribution in [0.3, 0.4) is 0 Å². The zero-order chi connectivity index (χ0) is 16.1. The molecule has 0 atom stereocenters. The summed E-state index contributed by atoms with van der Waals surface area (Å²) in [6.45, 7) is 1.89. The van der Waals surface area contributed by atoms with E-state index >= 15 is 0 Å². The molecule has 0 saturated heterocycles. The van der Waals surface area contributed by atoms with Crippen LogP contribution in [0.1, 0.15) is 29.3 Å². The number of benzene rings is 2. The summed E-state index contributed by atoms with van der Waals surface area (Å²) < 4.78 is 0. The Labute approximate surface area is 138 Å². The molecule has 0 spiro atoms. The number of amides is 1. The summed E-state index contributed by atoms with van der Waals surface area (Å²) in [7, 11) is 0. The van der Waals surface area contributed by atoms with Crippen molar-refractivity contribution in [3.63, 3.8) is 0 Å². The van der Waals surface area contributed by atoms with E-state index in [0.717, 1.165) is 0 Å².